The third kappa shape index (κ3) is 2.58. The number of aromatic amines is 1. The molecular formula is C16H13ClN2O2. The highest BCUT2D eigenvalue weighted by molar-refractivity contribution is 6.31. The number of carbonyl (C=O) groups excluding carboxylic acids is 1. The van der Waals surface area contributed by atoms with Crippen molar-refractivity contribution in [3.63, 3.8) is 0 Å². The molecule has 0 saturated carbocycles. The standard InChI is InChI=1S/C16H13ClN2O2/c1-21-14-6-5-11(17)9-13(14)19-16(20)12-4-2-3-10-7-8-18-15(10)12/h2-9,18H,1H3,(H,19,20). The summed E-state index contributed by atoms with van der Waals surface area (Å²) in [5, 5.41) is 4.35. The summed E-state index contributed by atoms with van der Waals surface area (Å²) in [6.45, 7) is 0. The third-order valence-corrected chi connectivity index (χ3v) is 3.48. The summed E-state index contributed by atoms with van der Waals surface area (Å²) in [6.07, 6.45) is 1.81. The van der Waals surface area contributed by atoms with Gasteiger partial charge in [-0.2, -0.15) is 0 Å². The van der Waals surface area contributed by atoms with Crippen LogP contribution in [0.25, 0.3) is 10.9 Å². The number of fused-ring (bicyclic) bond motifs is 1. The number of amides is 1. The molecule has 0 aliphatic carbocycles. The highest BCUT2D eigenvalue weighted by Gasteiger charge is 2.13. The van der Waals surface area contributed by atoms with Crippen LogP contribution >= 0.6 is 11.6 Å². The van der Waals surface area contributed by atoms with Crippen LogP contribution in [0.3, 0.4) is 0 Å². The van der Waals surface area contributed by atoms with Crippen LogP contribution in [-0.2, 0) is 0 Å². The van der Waals surface area contributed by atoms with Crippen LogP contribution in [-0.4, -0.2) is 18.0 Å². The maximum Gasteiger partial charge on any atom is 0.257 e. The summed E-state index contributed by atoms with van der Waals surface area (Å²) in [5.74, 6) is 0.343. The topological polar surface area (TPSA) is 54.1 Å². The van der Waals surface area contributed by atoms with E-state index in [9.17, 15) is 4.79 Å². The van der Waals surface area contributed by atoms with Crippen molar-refractivity contribution in [2.24, 2.45) is 0 Å². The molecule has 0 atom stereocenters. The average molecular weight is 301 g/mol. The largest absolute Gasteiger partial charge is 0.495 e. The number of halogens is 1. The highest BCUT2D eigenvalue weighted by atomic mass is 35.5. The fourth-order valence-electron chi connectivity index (χ4n) is 2.24. The molecule has 1 heterocycles. The highest BCUT2D eigenvalue weighted by Crippen LogP contribution is 2.28. The van der Waals surface area contributed by atoms with E-state index in [0.29, 0.717) is 22.0 Å². The van der Waals surface area contributed by atoms with Gasteiger partial charge in [0.2, 0.25) is 0 Å². The number of ether oxygens (including phenoxy) is 1. The van der Waals surface area contributed by atoms with Gasteiger partial charge in [-0.1, -0.05) is 23.7 Å². The first-order valence-corrected chi connectivity index (χ1v) is 6.78. The number of hydrogen-bond donors (Lipinski definition) is 2. The van der Waals surface area contributed by atoms with E-state index in [2.05, 4.69) is 10.3 Å². The van der Waals surface area contributed by atoms with Gasteiger partial charge in [0.25, 0.3) is 5.91 Å². The molecule has 4 nitrogen and oxygen atoms in total. The Morgan fingerprint density at radius 2 is 2.10 bits per heavy atom. The summed E-state index contributed by atoms with van der Waals surface area (Å²) in [7, 11) is 1.55. The van der Waals surface area contributed by atoms with Gasteiger partial charge in [-0.3, -0.25) is 4.79 Å². The van der Waals surface area contributed by atoms with Gasteiger partial charge in [0, 0.05) is 16.6 Å². The number of carbonyl (C=O) groups is 1. The number of aromatic nitrogens is 1. The van der Waals surface area contributed by atoms with Crippen molar-refractivity contribution in [1.29, 1.82) is 0 Å². The molecule has 3 aromatic rings. The Morgan fingerprint density at radius 3 is 2.90 bits per heavy atom. The molecule has 0 unspecified atom stereocenters. The van der Waals surface area contributed by atoms with E-state index < -0.39 is 0 Å². The van der Waals surface area contributed by atoms with Gasteiger partial charge in [0.15, 0.2) is 0 Å². The third-order valence-electron chi connectivity index (χ3n) is 3.24. The summed E-state index contributed by atoms with van der Waals surface area (Å²) in [5.41, 5.74) is 1.91. The number of methoxy groups -OCH3 is 1. The van der Waals surface area contributed by atoms with E-state index in [4.69, 9.17) is 16.3 Å². The van der Waals surface area contributed by atoms with E-state index in [1.165, 1.54) is 0 Å². The molecule has 0 radical (unpaired) electrons. The SMILES string of the molecule is COc1ccc(Cl)cc1NC(=O)c1cccc2cc[nH]c12. The Hall–Kier alpha value is -2.46. The Balaban J connectivity index is 1.97. The van der Waals surface area contributed by atoms with Crippen molar-refractivity contribution in [2.45, 2.75) is 0 Å². The average Bonchev–Trinajstić information content (AvgIpc) is 2.95. The normalized spacial score (nSPS) is 10.6. The molecular weight excluding hydrogens is 288 g/mol. The molecule has 2 aromatic carbocycles. The Labute approximate surface area is 126 Å². The lowest BCUT2D eigenvalue weighted by Crippen LogP contribution is -2.13. The first-order valence-electron chi connectivity index (χ1n) is 6.40. The lowest BCUT2D eigenvalue weighted by Gasteiger charge is -2.11. The molecule has 0 aliphatic rings. The van der Waals surface area contributed by atoms with Gasteiger partial charge in [-0.15, -0.1) is 0 Å². The minimum Gasteiger partial charge on any atom is -0.495 e. The van der Waals surface area contributed by atoms with Crippen molar-refractivity contribution in [3.05, 3.63) is 59.2 Å². The van der Waals surface area contributed by atoms with Crippen molar-refractivity contribution in [3.8, 4) is 5.75 Å². The van der Waals surface area contributed by atoms with Crippen LogP contribution in [0.2, 0.25) is 5.02 Å². The van der Waals surface area contributed by atoms with E-state index in [1.54, 1.807) is 37.6 Å². The summed E-state index contributed by atoms with van der Waals surface area (Å²) < 4.78 is 5.23. The number of nitrogens with one attached hydrogen (secondary N) is 2. The molecule has 106 valence electrons. The van der Waals surface area contributed by atoms with Crippen LogP contribution in [0.5, 0.6) is 5.75 Å². The second kappa shape index (κ2) is 5.50. The van der Waals surface area contributed by atoms with Gasteiger partial charge < -0.3 is 15.0 Å². The molecule has 0 fully saturated rings. The Morgan fingerprint density at radius 1 is 1.24 bits per heavy atom. The summed E-state index contributed by atoms with van der Waals surface area (Å²) in [6, 6.07) is 12.6. The minimum atomic E-state index is -0.219. The van der Waals surface area contributed by atoms with Crippen LogP contribution < -0.4 is 10.1 Å². The molecule has 0 saturated heterocycles. The zero-order valence-corrected chi connectivity index (χ0v) is 12.1. The van der Waals surface area contributed by atoms with Gasteiger partial charge in [-0.25, -0.2) is 0 Å². The van der Waals surface area contributed by atoms with E-state index in [1.807, 2.05) is 18.2 Å². The monoisotopic (exact) mass is 300 g/mol. The van der Waals surface area contributed by atoms with Crippen LogP contribution in [0.1, 0.15) is 10.4 Å². The molecule has 3 rings (SSSR count). The van der Waals surface area contributed by atoms with Crippen molar-refractivity contribution in [2.75, 3.05) is 12.4 Å². The molecule has 0 aliphatic heterocycles. The maximum absolute atomic E-state index is 12.5. The maximum atomic E-state index is 12.5. The zero-order chi connectivity index (χ0) is 14.8. The van der Waals surface area contributed by atoms with Crippen LogP contribution in [0.4, 0.5) is 5.69 Å². The molecule has 5 heteroatoms. The zero-order valence-electron chi connectivity index (χ0n) is 11.3. The second-order valence-corrected chi connectivity index (χ2v) is 4.98. The van der Waals surface area contributed by atoms with Crippen molar-refractivity contribution >= 4 is 34.1 Å². The predicted molar refractivity (Wildman–Crippen MR) is 84.3 cm³/mol. The smallest absolute Gasteiger partial charge is 0.257 e. The molecule has 21 heavy (non-hydrogen) atoms. The number of hydrogen-bond acceptors (Lipinski definition) is 2. The number of anilines is 1. The van der Waals surface area contributed by atoms with Gasteiger partial charge in [0.1, 0.15) is 5.75 Å². The number of para-hydroxylation sites is 1. The molecule has 1 amide bonds. The summed E-state index contributed by atoms with van der Waals surface area (Å²) in [4.78, 5) is 15.6. The second-order valence-electron chi connectivity index (χ2n) is 4.55. The minimum absolute atomic E-state index is 0.219. The quantitative estimate of drug-likeness (QED) is 0.765. The molecule has 2 N–H and O–H groups in total. The fraction of sp³-hybridized carbons (Fsp3) is 0.0625. The van der Waals surface area contributed by atoms with Gasteiger partial charge >= 0.3 is 0 Å². The van der Waals surface area contributed by atoms with E-state index >= 15 is 0 Å². The van der Waals surface area contributed by atoms with Crippen molar-refractivity contribution < 1.29 is 9.53 Å². The Bertz CT molecular complexity index is 811. The van der Waals surface area contributed by atoms with Crippen LogP contribution in [0, 0.1) is 0 Å². The van der Waals surface area contributed by atoms with E-state index in [-0.39, 0.29) is 5.91 Å². The fourth-order valence-corrected chi connectivity index (χ4v) is 2.41. The number of rotatable bonds is 3. The molecule has 0 bridgehead atoms. The van der Waals surface area contributed by atoms with Crippen LogP contribution in [0.15, 0.2) is 48.7 Å². The molecule has 1 aromatic heterocycles. The van der Waals surface area contributed by atoms with Crippen molar-refractivity contribution in [1.82, 2.24) is 4.98 Å². The summed E-state index contributed by atoms with van der Waals surface area (Å²) >= 11 is 5.97. The lowest BCUT2D eigenvalue weighted by atomic mass is 10.1. The van der Waals surface area contributed by atoms with E-state index in [0.717, 1.165) is 10.9 Å². The van der Waals surface area contributed by atoms with Gasteiger partial charge in [0.05, 0.1) is 23.9 Å². The van der Waals surface area contributed by atoms with Gasteiger partial charge in [-0.05, 0) is 30.3 Å². The predicted octanol–water partition coefficient (Wildman–Crippen LogP) is 4.08. The number of benzene rings is 2. The first-order chi connectivity index (χ1) is 10.2. The Kier molecular flexibility index (Phi) is 3.54. The lowest BCUT2D eigenvalue weighted by molar-refractivity contribution is 0.102. The number of H-pyrrole nitrogens is 1. The first kappa shape index (κ1) is 13.5. The molecule has 0 spiro atoms.